The molecule has 2 aromatic rings. The van der Waals surface area contributed by atoms with Crippen LogP contribution in [0.1, 0.15) is 23.5 Å². The van der Waals surface area contributed by atoms with Gasteiger partial charge in [-0.3, -0.25) is 0 Å². The number of thiophene rings is 1. The van der Waals surface area contributed by atoms with Crippen molar-refractivity contribution in [2.45, 2.75) is 25.7 Å². The molecule has 0 aliphatic heterocycles. The Labute approximate surface area is 111 Å². The molecule has 2 unspecified atom stereocenters. The Morgan fingerprint density at radius 1 is 1.28 bits per heavy atom. The van der Waals surface area contributed by atoms with Gasteiger partial charge in [-0.15, -0.1) is 11.3 Å². The van der Waals surface area contributed by atoms with E-state index in [4.69, 9.17) is 10.5 Å². The van der Waals surface area contributed by atoms with Crippen LogP contribution in [0.15, 0.2) is 41.8 Å². The molecular formula is C14H17NO2S. The van der Waals surface area contributed by atoms with E-state index in [2.05, 4.69) is 0 Å². The van der Waals surface area contributed by atoms with Gasteiger partial charge in [-0.1, -0.05) is 24.3 Å². The van der Waals surface area contributed by atoms with Gasteiger partial charge >= 0.3 is 0 Å². The molecule has 0 aliphatic carbocycles. The van der Waals surface area contributed by atoms with Crippen LogP contribution in [-0.4, -0.2) is 11.1 Å². The fourth-order valence-corrected chi connectivity index (χ4v) is 2.63. The molecule has 1 aromatic carbocycles. The lowest BCUT2D eigenvalue weighted by molar-refractivity contribution is 0.176. The Kier molecular flexibility index (Phi) is 4.36. The van der Waals surface area contributed by atoms with Crippen molar-refractivity contribution in [3.8, 4) is 5.75 Å². The molecule has 3 N–H and O–H groups in total. The van der Waals surface area contributed by atoms with Crippen LogP contribution in [0.25, 0.3) is 0 Å². The van der Waals surface area contributed by atoms with Crippen LogP contribution in [0.4, 0.5) is 0 Å². The largest absolute Gasteiger partial charge is 0.483 e. The lowest BCUT2D eigenvalue weighted by atomic mass is 10.1. The van der Waals surface area contributed by atoms with Crippen LogP contribution >= 0.6 is 11.3 Å². The third-order valence-corrected chi connectivity index (χ3v) is 3.63. The molecule has 0 fully saturated rings. The van der Waals surface area contributed by atoms with Gasteiger partial charge in [-0.2, -0.15) is 0 Å². The first-order valence-electron chi connectivity index (χ1n) is 5.86. The SMILES string of the molecule is CC(N)C(Oc1ccccc1CO)c1cccs1. The van der Waals surface area contributed by atoms with Gasteiger partial charge in [0.1, 0.15) is 11.9 Å². The standard InChI is InChI=1S/C14H17NO2S/c1-10(15)14(13-7-4-8-18-13)17-12-6-3-2-5-11(12)9-16/h2-8,10,14,16H,9,15H2,1H3. The van der Waals surface area contributed by atoms with Crippen molar-refractivity contribution in [1.82, 2.24) is 0 Å². The topological polar surface area (TPSA) is 55.5 Å². The maximum atomic E-state index is 9.29. The van der Waals surface area contributed by atoms with Crippen molar-refractivity contribution in [2.24, 2.45) is 5.73 Å². The second-order valence-corrected chi connectivity index (χ2v) is 5.16. The van der Waals surface area contributed by atoms with Crippen molar-refractivity contribution in [1.29, 1.82) is 0 Å². The minimum Gasteiger partial charge on any atom is -0.483 e. The fraction of sp³-hybridized carbons (Fsp3) is 0.286. The number of nitrogens with two attached hydrogens (primary N) is 1. The molecule has 2 rings (SSSR count). The molecule has 1 aromatic heterocycles. The van der Waals surface area contributed by atoms with Gasteiger partial charge in [0.25, 0.3) is 0 Å². The fourth-order valence-electron chi connectivity index (χ4n) is 1.76. The van der Waals surface area contributed by atoms with E-state index in [9.17, 15) is 5.11 Å². The molecule has 4 heteroatoms. The summed E-state index contributed by atoms with van der Waals surface area (Å²) in [5.74, 6) is 0.690. The van der Waals surface area contributed by atoms with Crippen molar-refractivity contribution < 1.29 is 9.84 Å². The minimum absolute atomic E-state index is 0.0354. The summed E-state index contributed by atoms with van der Waals surface area (Å²) in [5.41, 5.74) is 6.76. The maximum absolute atomic E-state index is 9.29. The predicted molar refractivity (Wildman–Crippen MR) is 73.7 cm³/mol. The molecule has 0 amide bonds. The first-order chi connectivity index (χ1) is 8.72. The van der Waals surface area contributed by atoms with Crippen LogP contribution in [0.3, 0.4) is 0 Å². The first-order valence-corrected chi connectivity index (χ1v) is 6.74. The minimum atomic E-state index is -0.183. The molecule has 0 radical (unpaired) electrons. The van der Waals surface area contributed by atoms with Gasteiger partial charge in [0.05, 0.1) is 6.61 Å². The molecular weight excluding hydrogens is 246 g/mol. The lowest BCUT2D eigenvalue weighted by Gasteiger charge is -2.22. The van der Waals surface area contributed by atoms with E-state index in [1.807, 2.05) is 48.7 Å². The van der Waals surface area contributed by atoms with E-state index in [0.717, 1.165) is 10.4 Å². The van der Waals surface area contributed by atoms with Gasteiger partial charge < -0.3 is 15.6 Å². The van der Waals surface area contributed by atoms with Gasteiger partial charge in [0, 0.05) is 16.5 Å². The summed E-state index contributed by atoms with van der Waals surface area (Å²) in [4.78, 5) is 1.10. The third kappa shape index (κ3) is 2.90. The Balaban J connectivity index is 2.24. The van der Waals surface area contributed by atoms with Crippen molar-refractivity contribution in [2.75, 3.05) is 0 Å². The van der Waals surface area contributed by atoms with E-state index in [1.54, 1.807) is 11.3 Å². The number of benzene rings is 1. The van der Waals surface area contributed by atoms with Gasteiger partial charge in [0.2, 0.25) is 0 Å². The summed E-state index contributed by atoms with van der Waals surface area (Å²) < 4.78 is 5.97. The van der Waals surface area contributed by atoms with E-state index < -0.39 is 0 Å². The van der Waals surface area contributed by atoms with Crippen molar-refractivity contribution >= 4 is 11.3 Å². The second kappa shape index (κ2) is 6.00. The zero-order valence-electron chi connectivity index (χ0n) is 10.2. The van der Waals surface area contributed by atoms with E-state index >= 15 is 0 Å². The van der Waals surface area contributed by atoms with E-state index in [-0.39, 0.29) is 18.8 Å². The summed E-state index contributed by atoms with van der Waals surface area (Å²) in [6.07, 6.45) is -0.183. The Morgan fingerprint density at radius 2 is 2.06 bits per heavy atom. The van der Waals surface area contributed by atoms with E-state index in [1.165, 1.54) is 0 Å². The average Bonchev–Trinajstić information content (AvgIpc) is 2.89. The van der Waals surface area contributed by atoms with Crippen LogP contribution in [-0.2, 0) is 6.61 Å². The summed E-state index contributed by atoms with van der Waals surface area (Å²) in [6.45, 7) is 1.89. The van der Waals surface area contributed by atoms with Gasteiger partial charge in [0.15, 0.2) is 0 Å². The Hall–Kier alpha value is -1.36. The molecule has 0 spiro atoms. The highest BCUT2D eigenvalue weighted by Gasteiger charge is 2.20. The summed E-state index contributed by atoms with van der Waals surface area (Å²) in [6, 6.07) is 11.4. The second-order valence-electron chi connectivity index (χ2n) is 4.18. The molecule has 0 saturated carbocycles. The average molecular weight is 263 g/mol. The molecule has 0 aliphatic rings. The highest BCUT2D eigenvalue weighted by molar-refractivity contribution is 7.10. The molecule has 1 heterocycles. The van der Waals surface area contributed by atoms with Crippen LogP contribution in [0.5, 0.6) is 5.75 Å². The van der Waals surface area contributed by atoms with Gasteiger partial charge in [-0.05, 0) is 24.4 Å². The number of hydrogen-bond acceptors (Lipinski definition) is 4. The monoisotopic (exact) mass is 263 g/mol. The predicted octanol–water partition coefficient (Wildman–Crippen LogP) is 2.71. The number of hydrogen-bond donors (Lipinski definition) is 2. The van der Waals surface area contributed by atoms with Crippen LogP contribution < -0.4 is 10.5 Å². The number of aliphatic hydroxyl groups excluding tert-OH is 1. The highest BCUT2D eigenvalue weighted by atomic mass is 32.1. The Bertz CT molecular complexity index is 482. The zero-order chi connectivity index (χ0) is 13.0. The number of ether oxygens (including phenoxy) is 1. The smallest absolute Gasteiger partial charge is 0.148 e. The quantitative estimate of drug-likeness (QED) is 0.872. The molecule has 3 nitrogen and oxygen atoms in total. The van der Waals surface area contributed by atoms with E-state index in [0.29, 0.717) is 5.75 Å². The molecule has 0 bridgehead atoms. The summed E-state index contributed by atoms with van der Waals surface area (Å²) >= 11 is 1.62. The lowest BCUT2D eigenvalue weighted by Crippen LogP contribution is -2.28. The van der Waals surface area contributed by atoms with Crippen molar-refractivity contribution in [3.05, 3.63) is 52.2 Å². The summed E-state index contributed by atoms with van der Waals surface area (Å²) in [7, 11) is 0. The number of aliphatic hydroxyl groups is 1. The van der Waals surface area contributed by atoms with Gasteiger partial charge in [-0.25, -0.2) is 0 Å². The Morgan fingerprint density at radius 3 is 2.67 bits per heavy atom. The normalized spacial score (nSPS) is 14.2. The molecule has 2 atom stereocenters. The molecule has 96 valence electrons. The zero-order valence-corrected chi connectivity index (χ0v) is 11.1. The third-order valence-electron chi connectivity index (χ3n) is 2.70. The van der Waals surface area contributed by atoms with Crippen molar-refractivity contribution in [3.63, 3.8) is 0 Å². The molecule has 0 saturated heterocycles. The van der Waals surface area contributed by atoms with Crippen LogP contribution in [0.2, 0.25) is 0 Å². The first kappa shape index (κ1) is 13.1. The number of para-hydroxylation sites is 1. The summed E-state index contributed by atoms with van der Waals surface area (Å²) in [5, 5.41) is 11.3. The van der Waals surface area contributed by atoms with Crippen LogP contribution in [0, 0.1) is 0 Å². The highest BCUT2D eigenvalue weighted by Crippen LogP contribution is 2.29. The maximum Gasteiger partial charge on any atom is 0.148 e. The number of rotatable bonds is 5. The molecule has 18 heavy (non-hydrogen) atoms.